The zero-order chi connectivity index (χ0) is 20.6. The topological polar surface area (TPSA) is 94.2 Å². The van der Waals surface area contributed by atoms with Gasteiger partial charge in [0.2, 0.25) is 0 Å². The van der Waals surface area contributed by atoms with Crippen LogP contribution < -0.4 is 14.2 Å². The van der Waals surface area contributed by atoms with Crippen molar-refractivity contribution in [1.82, 2.24) is 4.90 Å². The molecule has 0 aromatic heterocycles. The first-order chi connectivity index (χ1) is 13.3. The van der Waals surface area contributed by atoms with Gasteiger partial charge in [0.25, 0.3) is 0 Å². The van der Waals surface area contributed by atoms with Crippen molar-refractivity contribution in [2.45, 2.75) is 6.54 Å². The molecule has 2 amide bonds. The Hall–Kier alpha value is -2.78. The molecule has 8 nitrogen and oxygen atoms in total. The lowest BCUT2D eigenvalue weighted by molar-refractivity contribution is 0.153. The average molecular weight is 408 g/mol. The van der Waals surface area contributed by atoms with E-state index in [1.165, 1.54) is 7.11 Å². The Balaban J connectivity index is 2.11. The maximum absolute atomic E-state index is 12.7. The number of nitrogens with one attached hydrogen (secondary N) is 1. The van der Waals surface area contributed by atoms with Crippen molar-refractivity contribution >= 4 is 21.8 Å². The Bertz CT molecular complexity index is 884. The quantitative estimate of drug-likeness (QED) is 0.641. The number of para-hydroxylation sites is 2. The van der Waals surface area contributed by atoms with Gasteiger partial charge in [-0.1, -0.05) is 24.3 Å². The van der Waals surface area contributed by atoms with Gasteiger partial charge < -0.3 is 23.9 Å². The van der Waals surface area contributed by atoms with E-state index in [1.807, 2.05) is 6.07 Å². The van der Waals surface area contributed by atoms with Crippen LogP contribution in [0.15, 0.2) is 48.5 Å². The van der Waals surface area contributed by atoms with Crippen LogP contribution >= 0.6 is 0 Å². The molecule has 0 spiro atoms. The normalized spacial score (nSPS) is 11.0. The second kappa shape index (κ2) is 9.95. The number of benzene rings is 2. The van der Waals surface area contributed by atoms with Crippen LogP contribution in [0.4, 0.5) is 10.5 Å². The van der Waals surface area contributed by atoms with Crippen LogP contribution in [0.2, 0.25) is 0 Å². The maximum Gasteiger partial charge on any atom is 0.322 e. The van der Waals surface area contributed by atoms with Gasteiger partial charge in [0.1, 0.15) is 11.5 Å². The smallest absolute Gasteiger partial charge is 0.322 e. The van der Waals surface area contributed by atoms with Crippen LogP contribution in [0.3, 0.4) is 0 Å². The van der Waals surface area contributed by atoms with Gasteiger partial charge in [-0.2, -0.15) is 8.42 Å². The molecule has 0 heterocycles. The Morgan fingerprint density at radius 3 is 2.36 bits per heavy atom. The van der Waals surface area contributed by atoms with E-state index in [9.17, 15) is 13.2 Å². The van der Waals surface area contributed by atoms with E-state index in [1.54, 1.807) is 54.5 Å². The molecule has 0 aliphatic heterocycles. The Morgan fingerprint density at radius 2 is 1.75 bits per heavy atom. The summed E-state index contributed by atoms with van der Waals surface area (Å²) in [6, 6.07) is 13.3. The van der Waals surface area contributed by atoms with Gasteiger partial charge in [-0.25, -0.2) is 4.79 Å². The number of methoxy groups -OCH3 is 2. The van der Waals surface area contributed by atoms with Crippen molar-refractivity contribution in [3.8, 4) is 11.5 Å². The summed E-state index contributed by atoms with van der Waals surface area (Å²) in [5.74, 6) is 0.776. The van der Waals surface area contributed by atoms with Crippen LogP contribution in [0.25, 0.3) is 0 Å². The lowest BCUT2D eigenvalue weighted by Crippen LogP contribution is -2.36. The molecule has 9 heteroatoms. The lowest BCUT2D eigenvalue weighted by Gasteiger charge is -2.23. The van der Waals surface area contributed by atoms with Crippen LogP contribution in [0.5, 0.6) is 11.5 Å². The SMILES string of the molecule is COCCN(Cc1ccc(OS(C)(=O)=O)cc1)C(=O)Nc1ccccc1OC. The highest BCUT2D eigenvalue weighted by molar-refractivity contribution is 7.86. The molecule has 2 aromatic rings. The summed E-state index contributed by atoms with van der Waals surface area (Å²) in [6.07, 6.45) is 0.982. The third-order valence-electron chi connectivity index (χ3n) is 3.75. The minimum atomic E-state index is -3.58. The summed E-state index contributed by atoms with van der Waals surface area (Å²) in [6.45, 7) is 1.05. The minimum absolute atomic E-state index is 0.216. The summed E-state index contributed by atoms with van der Waals surface area (Å²) in [5.41, 5.74) is 1.38. The van der Waals surface area contributed by atoms with Gasteiger partial charge in [-0.3, -0.25) is 0 Å². The Labute approximate surface area is 165 Å². The molecule has 0 bridgehead atoms. The molecule has 2 rings (SSSR count). The molecule has 0 fully saturated rings. The van der Waals surface area contributed by atoms with Crippen LogP contribution in [0.1, 0.15) is 5.56 Å². The van der Waals surface area contributed by atoms with Crippen molar-refractivity contribution in [2.24, 2.45) is 0 Å². The number of hydrogen-bond donors (Lipinski definition) is 1. The third kappa shape index (κ3) is 6.75. The first-order valence-electron chi connectivity index (χ1n) is 8.48. The van der Waals surface area contributed by atoms with Crippen molar-refractivity contribution in [3.05, 3.63) is 54.1 Å². The fourth-order valence-corrected chi connectivity index (χ4v) is 2.90. The number of amides is 2. The standard InChI is InChI=1S/C19H24N2O6S/c1-25-13-12-21(19(22)20-17-6-4-5-7-18(17)26-2)14-15-8-10-16(11-9-15)27-28(3,23)24/h4-11H,12-14H2,1-3H3,(H,20,22). The van der Waals surface area contributed by atoms with Crippen molar-refractivity contribution in [1.29, 1.82) is 0 Å². The molecule has 0 radical (unpaired) electrons. The van der Waals surface area contributed by atoms with Gasteiger partial charge >= 0.3 is 16.1 Å². The number of hydrogen-bond acceptors (Lipinski definition) is 6. The Kier molecular flexibility index (Phi) is 7.65. The number of rotatable bonds is 9. The van der Waals surface area contributed by atoms with Gasteiger partial charge in [0, 0.05) is 20.2 Å². The first-order valence-corrected chi connectivity index (χ1v) is 10.3. The zero-order valence-corrected chi connectivity index (χ0v) is 16.9. The predicted octanol–water partition coefficient (Wildman–Crippen LogP) is 2.71. The van der Waals surface area contributed by atoms with E-state index >= 15 is 0 Å². The number of carbonyl (C=O) groups excluding carboxylic acids is 1. The number of ether oxygens (including phenoxy) is 2. The van der Waals surface area contributed by atoms with Crippen molar-refractivity contribution in [2.75, 3.05) is 38.9 Å². The minimum Gasteiger partial charge on any atom is -0.495 e. The maximum atomic E-state index is 12.7. The molecule has 0 saturated carbocycles. The molecule has 0 aliphatic rings. The largest absolute Gasteiger partial charge is 0.495 e. The molecule has 0 unspecified atom stereocenters. The number of carbonyl (C=O) groups is 1. The molecule has 2 aromatic carbocycles. The molecule has 0 atom stereocenters. The van der Waals surface area contributed by atoms with Gasteiger partial charge in [-0.05, 0) is 29.8 Å². The van der Waals surface area contributed by atoms with E-state index < -0.39 is 10.1 Å². The van der Waals surface area contributed by atoms with E-state index in [4.69, 9.17) is 13.7 Å². The highest BCUT2D eigenvalue weighted by Gasteiger charge is 2.16. The molecule has 1 N–H and O–H groups in total. The highest BCUT2D eigenvalue weighted by atomic mass is 32.2. The number of nitrogens with zero attached hydrogens (tertiary/aromatic N) is 1. The molecular weight excluding hydrogens is 384 g/mol. The van der Waals surface area contributed by atoms with Crippen molar-refractivity contribution < 1.29 is 26.9 Å². The van der Waals surface area contributed by atoms with E-state index in [0.717, 1.165) is 11.8 Å². The number of anilines is 1. The molecule has 0 aliphatic carbocycles. The van der Waals surface area contributed by atoms with Gasteiger partial charge in [0.15, 0.2) is 0 Å². The summed E-state index contributed by atoms with van der Waals surface area (Å²) < 4.78 is 37.6. The molecule has 152 valence electrons. The van der Waals surface area contributed by atoms with Crippen molar-refractivity contribution in [3.63, 3.8) is 0 Å². The summed E-state index contributed by atoms with van der Waals surface area (Å²) in [4.78, 5) is 14.3. The lowest BCUT2D eigenvalue weighted by atomic mass is 10.2. The van der Waals surface area contributed by atoms with E-state index in [2.05, 4.69) is 5.32 Å². The van der Waals surface area contributed by atoms with Crippen LogP contribution in [0, 0.1) is 0 Å². The molecule has 28 heavy (non-hydrogen) atoms. The second-order valence-electron chi connectivity index (χ2n) is 5.98. The predicted molar refractivity (Wildman–Crippen MR) is 106 cm³/mol. The van der Waals surface area contributed by atoms with E-state index in [-0.39, 0.29) is 11.8 Å². The van der Waals surface area contributed by atoms with E-state index in [0.29, 0.717) is 31.1 Å². The number of urea groups is 1. The summed E-state index contributed by atoms with van der Waals surface area (Å²) >= 11 is 0. The summed E-state index contributed by atoms with van der Waals surface area (Å²) in [7, 11) is -0.484. The van der Waals surface area contributed by atoms with Gasteiger partial charge in [0.05, 0.1) is 25.7 Å². The Morgan fingerprint density at radius 1 is 1.07 bits per heavy atom. The average Bonchev–Trinajstić information content (AvgIpc) is 2.65. The highest BCUT2D eigenvalue weighted by Crippen LogP contribution is 2.23. The van der Waals surface area contributed by atoms with Crippen LogP contribution in [-0.4, -0.2) is 53.0 Å². The zero-order valence-electron chi connectivity index (χ0n) is 16.0. The molecule has 0 saturated heterocycles. The fraction of sp³-hybridized carbons (Fsp3) is 0.316. The fourth-order valence-electron chi connectivity index (χ4n) is 2.44. The van der Waals surface area contributed by atoms with Crippen LogP contribution in [-0.2, 0) is 21.4 Å². The van der Waals surface area contributed by atoms with Gasteiger partial charge in [-0.15, -0.1) is 0 Å². The second-order valence-corrected chi connectivity index (χ2v) is 7.55. The molecular formula is C19H24N2O6S. The summed E-state index contributed by atoms with van der Waals surface area (Å²) in [5, 5.41) is 2.84. The first kappa shape index (κ1) is 21.5. The third-order valence-corrected chi connectivity index (χ3v) is 4.24. The monoisotopic (exact) mass is 408 g/mol.